The van der Waals surface area contributed by atoms with Crippen LogP contribution in [0.15, 0.2) is 24.3 Å². The highest BCUT2D eigenvalue weighted by Gasteiger charge is 2.30. The molecule has 114 valence electrons. The first-order chi connectivity index (χ1) is 9.98. The molecule has 0 radical (unpaired) electrons. The first kappa shape index (κ1) is 15.8. The van der Waals surface area contributed by atoms with Crippen molar-refractivity contribution in [1.29, 1.82) is 5.26 Å². The van der Waals surface area contributed by atoms with Crippen LogP contribution in [0.3, 0.4) is 0 Å². The van der Waals surface area contributed by atoms with Crippen molar-refractivity contribution in [3.05, 3.63) is 29.8 Å². The Labute approximate surface area is 126 Å². The Hall–Kier alpha value is -1.57. The van der Waals surface area contributed by atoms with Crippen LogP contribution in [0, 0.1) is 16.7 Å². The minimum Gasteiger partial charge on any atom is -0.491 e. The van der Waals surface area contributed by atoms with Crippen LogP contribution in [-0.4, -0.2) is 30.4 Å². The maximum Gasteiger partial charge on any atom is 0.119 e. The van der Waals surface area contributed by atoms with Gasteiger partial charge in [0.2, 0.25) is 0 Å². The monoisotopic (exact) mass is 288 g/mol. The highest BCUT2D eigenvalue weighted by molar-refractivity contribution is 5.34. The highest BCUT2D eigenvalue weighted by atomic mass is 16.5. The van der Waals surface area contributed by atoms with Crippen molar-refractivity contribution >= 4 is 0 Å². The van der Waals surface area contributed by atoms with E-state index in [-0.39, 0.29) is 6.61 Å². The molecule has 0 bridgehead atoms. The average molecular weight is 288 g/mol. The molecule has 1 fully saturated rings. The molecule has 21 heavy (non-hydrogen) atoms. The molecule has 4 nitrogen and oxygen atoms in total. The smallest absolute Gasteiger partial charge is 0.119 e. The zero-order valence-corrected chi connectivity index (χ0v) is 12.8. The van der Waals surface area contributed by atoms with Gasteiger partial charge in [0.25, 0.3) is 0 Å². The molecule has 1 aromatic carbocycles. The van der Waals surface area contributed by atoms with Gasteiger partial charge in [-0.1, -0.05) is 13.8 Å². The molecule has 1 aliphatic rings. The van der Waals surface area contributed by atoms with Crippen molar-refractivity contribution in [3.63, 3.8) is 0 Å². The van der Waals surface area contributed by atoms with Gasteiger partial charge in [0.05, 0.1) is 11.6 Å². The van der Waals surface area contributed by atoms with Crippen LogP contribution in [0.25, 0.3) is 0 Å². The highest BCUT2D eigenvalue weighted by Crippen LogP contribution is 2.36. The molecule has 0 aromatic heterocycles. The van der Waals surface area contributed by atoms with Crippen molar-refractivity contribution < 1.29 is 9.84 Å². The first-order valence-corrected chi connectivity index (χ1v) is 7.53. The van der Waals surface area contributed by atoms with Gasteiger partial charge in [-0.3, -0.25) is 0 Å². The van der Waals surface area contributed by atoms with E-state index in [4.69, 9.17) is 10.00 Å². The van der Waals surface area contributed by atoms with E-state index >= 15 is 0 Å². The molecule has 0 spiro atoms. The van der Waals surface area contributed by atoms with E-state index in [1.807, 2.05) is 0 Å². The van der Waals surface area contributed by atoms with E-state index in [2.05, 4.69) is 25.2 Å². The van der Waals surface area contributed by atoms with Gasteiger partial charge in [0, 0.05) is 12.6 Å². The molecule has 4 heteroatoms. The van der Waals surface area contributed by atoms with E-state index < -0.39 is 6.10 Å². The zero-order chi connectivity index (χ0) is 15.3. The molecular weight excluding hydrogens is 264 g/mol. The second-order valence-electron chi connectivity index (χ2n) is 6.61. The molecule has 2 unspecified atom stereocenters. The molecule has 0 heterocycles. The molecule has 1 saturated carbocycles. The summed E-state index contributed by atoms with van der Waals surface area (Å²) in [5, 5.41) is 22.1. The number of ether oxygens (including phenoxy) is 1. The van der Waals surface area contributed by atoms with Crippen LogP contribution in [0.4, 0.5) is 0 Å². The van der Waals surface area contributed by atoms with E-state index in [0.717, 1.165) is 6.42 Å². The Morgan fingerprint density at radius 1 is 1.43 bits per heavy atom. The lowest BCUT2D eigenvalue weighted by Gasteiger charge is -2.19. The number of aliphatic hydroxyl groups excluding tert-OH is 1. The topological polar surface area (TPSA) is 65.3 Å². The largest absolute Gasteiger partial charge is 0.491 e. The predicted octanol–water partition coefficient (Wildman–Crippen LogP) is 2.47. The third kappa shape index (κ3) is 5.04. The molecule has 1 aromatic rings. The Morgan fingerprint density at radius 3 is 2.71 bits per heavy atom. The molecule has 0 saturated heterocycles. The quantitative estimate of drug-likeness (QED) is 0.844. The summed E-state index contributed by atoms with van der Waals surface area (Å²) in [5.74, 6) is 0.676. The van der Waals surface area contributed by atoms with E-state index in [1.165, 1.54) is 12.8 Å². The molecule has 1 aliphatic carbocycles. The van der Waals surface area contributed by atoms with Crippen molar-refractivity contribution in [2.75, 3.05) is 13.2 Å². The Morgan fingerprint density at radius 2 is 2.14 bits per heavy atom. The summed E-state index contributed by atoms with van der Waals surface area (Å²) < 4.78 is 5.52. The lowest BCUT2D eigenvalue weighted by atomic mass is 9.92. The normalized spacial score (nSPS) is 21.7. The second-order valence-corrected chi connectivity index (χ2v) is 6.61. The lowest BCUT2D eigenvalue weighted by Crippen LogP contribution is -2.37. The summed E-state index contributed by atoms with van der Waals surface area (Å²) in [5.41, 5.74) is 1.02. The number of nitrogens with one attached hydrogen (secondary N) is 1. The van der Waals surface area contributed by atoms with Crippen LogP contribution >= 0.6 is 0 Å². The molecular formula is C17H24N2O2. The number of rotatable bonds is 6. The Bertz CT molecular complexity index is 491. The van der Waals surface area contributed by atoms with Crippen molar-refractivity contribution in [2.45, 2.75) is 45.3 Å². The Kier molecular flexibility index (Phi) is 5.22. The Balaban J connectivity index is 1.67. The maximum atomic E-state index is 9.96. The number of benzene rings is 1. The SMILES string of the molecule is CC1(C)CCC(NCC(O)COc2ccc(C#N)cc2)C1. The van der Waals surface area contributed by atoms with E-state index in [9.17, 15) is 5.11 Å². The van der Waals surface area contributed by atoms with Gasteiger partial charge in [-0.2, -0.15) is 5.26 Å². The molecule has 0 amide bonds. The van der Waals surface area contributed by atoms with Crippen LogP contribution in [0.1, 0.15) is 38.7 Å². The summed E-state index contributed by atoms with van der Waals surface area (Å²) in [6.07, 6.45) is 3.05. The van der Waals surface area contributed by atoms with E-state index in [0.29, 0.717) is 29.3 Å². The zero-order valence-electron chi connectivity index (χ0n) is 12.8. The summed E-state index contributed by atoms with van der Waals surface area (Å²) in [4.78, 5) is 0. The third-order valence-electron chi connectivity index (χ3n) is 4.04. The van der Waals surface area contributed by atoms with E-state index in [1.54, 1.807) is 24.3 Å². The number of nitriles is 1. The first-order valence-electron chi connectivity index (χ1n) is 7.53. The minimum atomic E-state index is -0.524. The fourth-order valence-corrected chi connectivity index (χ4v) is 2.79. The molecule has 0 aliphatic heterocycles. The predicted molar refractivity (Wildman–Crippen MR) is 82.1 cm³/mol. The lowest BCUT2D eigenvalue weighted by molar-refractivity contribution is 0.103. The molecule has 2 rings (SSSR count). The van der Waals surface area contributed by atoms with Gasteiger partial charge in [-0.25, -0.2) is 0 Å². The standard InChI is InChI=1S/C17H24N2O2/c1-17(2)8-7-14(9-17)19-11-15(20)12-21-16-5-3-13(10-18)4-6-16/h3-6,14-15,19-20H,7-9,11-12H2,1-2H3. The van der Waals surface area contributed by atoms with Gasteiger partial charge >= 0.3 is 0 Å². The van der Waals surface area contributed by atoms with Crippen molar-refractivity contribution in [3.8, 4) is 11.8 Å². The number of nitrogens with zero attached hydrogens (tertiary/aromatic N) is 1. The number of aliphatic hydroxyl groups is 1. The average Bonchev–Trinajstić information content (AvgIpc) is 2.83. The van der Waals surface area contributed by atoms with Crippen LogP contribution in [0.5, 0.6) is 5.75 Å². The summed E-state index contributed by atoms with van der Waals surface area (Å²) >= 11 is 0. The van der Waals surface area contributed by atoms with Crippen LogP contribution in [-0.2, 0) is 0 Å². The molecule has 2 N–H and O–H groups in total. The number of hydrogen-bond donors (Lipinski definition) is 2. The minimum absolute atomic E-state index is 0.259. The summed E-state index contributed by atoms with van der Waals surface area (Å²) in [7, 11) is 0. The maximum absolute atomic E-state index is 9.96. The van der Waals surface area contributed by atoms with Gasteiger partial charge < -0.3 is 15.2 Å². The van der Waals surface area contributed by atoms with Crippen LogP contribution in [0.2, 0.25) is 0 Å². The summed E-state index contributed by atoms with van der Waals surface area (Å²) in [6.45, 7) is 5.39. The number of hydrogen-bond acceptors (Lipinski definition) is 4. The van der Waals surface area contributed by atoms with Gasteiger partial charge in [0.1, 0.15) is 18.5 Å². The third-order valence-corrected chi connectivity index (χ3v) is 4.04. The second kappa shape index (κ2) is 6.93. The van der Waals surface area contributed by atoms with Gasteiger partial charge in [0.15, 0.2) is 0 Å². The summed E-state index contributed by atoms with van der Waals surface area (Å²) in [6, 6.07) is 9.48. The van der Waals surface area contributed by atoms with Crippen LogP contribution < -0.4 is 10.1 Å². The van der Waals surface area contributed by atoms with Gasteiger partial charge in [-0.15, -0.1) is 0 Å². The van der Waals surface area contributed by atoms with Crippen molar-refractivity contribution in [2.24, 2.45) is 5.41 Å². The molecule has 2 atom stereocenters. The van der Waals surface area contributed by atoms with Crippen molar-refractivity contribution in [1.82, 2.24) is 5.32 Å². The van der Waals surface area contributed by atoms with Gasteiger partial charge in [-0.05, 0) is 48.9 Å². The fourth-order valence-electron chi connectivity index (χ4n) is 2.79. The fraction of sp³-hybridized carbons (Fsp3) is 0.588.